The van der Waals surface area contributed by atoms with Gasteiger partial charge in [0.1, 0.15) is 11.9 Å². The molecule has 4 heterocycles. The van der Waals surface area contributed by atoms with Gasteiger partial charge in [-0.2, -0.15) is 16.4 Å². The van der Waals surface area contributed by atoms with Crippen LogP contribution in [-0.4, -0.2) is 59.2 Å². The van der Waals surface area contributed by atoms with E-state index in [1.165, 1.54) is 11.3 Å². The van der Waals surface area contributed by atoms with E-state index in [1.54, 1.807) is 6.20 Å². The minimum absolute atomic E-state index is 0.00261. The highest BCUT2D eigenvalue weighted by molar-refractivity contribution is 7.08. The summed E-state index contributed by atoms with van der Waals surface area (Å²) >= 11 is 1.52. The Bertz CT molecular complexity index is 1070. The Hall–Kier alpha value is -3.46. The van der Waals surface area contributed by atoms with Crippen LogP contribution in [-0.2, 0) is 4.79 Å². The highest BCUT2D eigenvalue weighted by atomic mass is 32.1. The molecular weight excluding hydrogens is 426 g/mol. The third kappa shape index (κ3) is 4.43. The summed E-state index contributed by atoms with van der Waals surface area (Å²) in [5, 5.41) is 14.7. The molecule has 2 aromatic heterocycles. The van der Waals surface area contributed by atoms with Crippen molar-refractivity contribution in [1.29, 1.82) is 0 Å². The van der Waals surface area contributed by atoms with Gasteiger partial charge in [-0.05, 0) is 47.8 Å². The van der Waals surface area contributed by atoms with E-state index in [1.807, 2.05) is 63.0 Å². The normalized spacial score (nSPS) is 18.3. The number of nitrogens with zero attached hydrogens (tertiary/aromatic N) is 4. The van der Waals surface area contributed by atoms with Crippen molar-refractivity contribution in [3.63, 3.8) is 0 Å². The summed E-state index contributed by atoms with van der Waals surface area (Å²) in [7, 11) is 0. The first-order valence-corrected chi connectivity index (χ1v) is 11.5. The number of rotatable bonds is 6. The molecule has 3 aromatic rings. The van der Waals surface area contributed by atoms with Crippen LogP contribution in [0.15, 0.2) is 59.4 Å². The number of carbonyl (C=O) groups excluding carboxylic acids is 2. The molecule has 1 N–H and O–H groups in total. The molecule has 9 heteroatoms. The van der Waals surface area contributed by atoms with Crippen LogP contribution in [0.1, 0.15) is 16.8 Å². The third-order valence-electron chi connectivity index (χ3n) is 5.76. The molecule has 2 saturated heterocycles. The number of hydrogen-bond acceptors (Lipinski definition) is 7. The Balaban J connectivity index is 1.09. The molecule has 2 aliphatic heterocycles. The summed E-state index contributed by atoms with van der Waals surface area (Å²) in [5.74, 6) is 1.51. The maximum Gasteiger partial charge on any atom is 0.254 e. The molecule has 0 radical (unpaired) electrons. The van der Waals surface area contributed by atoms with Crippen LogP contribution < -0.4 is 15.0 Å². The molecule has 1 aromatic carbocycles. The van der Waals surface area contributed by atoms with Crippen molar-refractivity contribution in [3.8, 4) is 5.75 Å². The second-order valence-corrected chi connectivity index (χ2v) is 8.77. The molecular formula is C23H23N5O3S. The summed E-state index contributed by atoms with van der Waals surface area (Å²) in [6.45, 7) is 2.54. The average Bonchev–Trinajstić information content (AvgIpc) is 3.47. The molecule has 2 fully saturated rings. The first-order valence-electron chi connectivity index (χ1n) is 10.6. The molecule has 1 atom stereocenters. The van der Waals surface area contributed by atoms with Crippen molar-refractivity contribution >= 4 is 34.7 Å². The van der Waals surface area contributed by atoms with Crippen LogP contribution in [0.2, 0.25) is 0 Å². The van der Waals surface area contributed by atoms with Crippen LogP contribution >= 0.6 is 11.3 Å². The van der Waals surface area contributed by atoms with Crippen LogP contribution in [0.4, 0.5) is 11.5 Å². The SMILES string of the molecule is O=C(Nc1ccc(OC2CCN(C(=O)c3ccsc3)C2)cc1)C1CN(c2cccnn2)C1. The van der Waals surface area contributed by atoms with Crippen molar-refractivity contribution in [2.75, 3.05) is 36.4 Å². The van der Waals surface area contributed by atoms with E-state index in [9.17, 15) is 9.59 Å². The largest absolute Gasteiger partial charge is 0.489 e. The average molecular weight is 450 g/mol. The lowest BCUT2D eigenvalue weighted by atomic mass is 9.99. The van der Waals surface area contributed by atoms with E-state index < -0.39 is 0 Å². The Kier molecular flexibility index (Phi) is 5.72. The number of aromatic nitrogens is 2. The number of thiophene rings is 1. The van der Waals surface area contributed by atoms with Crippen LogP contribution in [0.3, 0.4) is 0 Å². The molecule has 5 rings (SSSR count). The van der Waals surface area contributed by atoms with Crippen LogP contribution in [0.25, 0.3) is 0 Å². The molecule has 8 nitrogen and oxygen atoms in total. The number of nitrogens with one attached hydrogen (secondary N) is 1. The maximum atomic E-state index is 12.5. The molecule has 2 aliphatic rings. The number of amides is 2. The highest BCUT2D eigenvalue weighted by Crippen LogP contribution is 2.25. The van der Waals surface area contributed by atoms with Gasteiger partial charge in [0.15, 0.2) is 5.82 Å². The number of likely N-dealkylation sites (tertiary alicyclic amines) is 1. The Morgan fingerprint density at radius 3 is 2.66 bits per heavy atom. The molecule has 0 spiro atoms. The van der Waals surface area contributed by atoms with Crippen molar-refractivity contribution in [2.45, 2.75) is 12.5 Å². The lowest BCUT2D eigenvalue weighted by Crippen LogP contribution is -2.52. The van der Waals surface area contributed by atoms with E-state index in [2.05, 4.69) is 15.5 Å². The van der Waals surface area contributed by atoms with Gasteiger partial charge in [-0.1, -0.05) is 0 Å². The standard InChI is InChI=1S/C23H23N5O3S/c29-22(17-12-28(13-17)21-2-1-9-24-26-21)25-18-3-5-19(6-4-18)31-20-7-10-27(14-20)23(30)16-8-11-32-15-16/h1-6,8-9,11,15,17,20H,7,10,12-14H2,(H,25,29). The number of hydrogen-bond donors (Lipinski definition) is 1. The van der Waals surface area contributed by atoms with E-state index in [0.29, 0.717) is 26.2 Å². The predicted octanol–water partition coefficient (Wildman–Crippen LogP) is 2.91. The monoisotopic (exact) mass is 449 g/mol. The fraction of sp³-hybridized carbons (Fsp3) is 0.304. The van der Waals surface area contributed by atoms with Gasteiger partial charge >= 0.3 is 0 Å². The van der Waals surface area contributed by atoms with E-state index in [4.69, 9.17) is 4.74 Å². The second kappa shape index (κ2) is 8.96. The van der Waals surface area contributed by atoms with Gasteiger partial charge in [0.25, 0.3) is 5.91 Å². The summed E-state index contributed by atoms with van der Waals surface area (Å²) in [4.78, 5) is 28.8. The fourth-order valence-electron chi connectivity index (χ4n) is 3.92. The van der Waals surface area contributed by atoms with E-state index in [0.717, 1.165) is 29.2 Å². The Morgan fingerprint density at radius 2 is 1.94 bits per heavy atom. The number of benzene rings is 1. The van der Waals surface area contributed by atoms with E-state index in [-0.39, 0.29) is 23.8 Å². The lowest BCUT2D eigenvalue weighted by Gasteiger charge is -2.38. The van der Waals surface area contributed by atoms with Gasteiger partial charge in [-0.15, -0.1) is 5.10 Å². The Labute approximate surface area is 189 Å². The minimum Gasteiger partial charge on any atom is -0.489 e. The van der Waals surface area contributed by atoms with Gasteiger partial charge in [-0.3, -0.25) is 9.59 Å². The number of anilines is 2. The third-order valence-corrected chi connectivity index (χ3v) is 6.44. The lowest BCUT2D eigenvalue weighted by molar-refractivity contribution is -0.120. The van der Waals surface area contributed by atoms with Crippen LogP contribution in [0.5, 0.6) is 5.75 Å². The molecule has 32 heavy (non-hydrogen) atoms. The smallest absolute Gasteiger partial charge is 0.254 e. The maximum absolute atomic E-state index is 12.5. The Morgan fingerprint density at radius 1 is 1.09 bits per heavy atom. The zero-order valence-corrected chi connectivity index (χ0v) is 18.2. The first-order chi connectivity index (χ1) is 15.7. The number of carbonyl (C=O) groups is 2. The predicted molar refractivity (Wildman–Crippen MR) is 122 cm³/mol. The quantitative estimate of drug-likeness (QED) is 0.623. The van der Waals surface area contributed by atoms with Crippen LogP contribution in [0, 0.1) is 5.92 Å². The second-order valence-electron chi connectivity index (χ2n) is 7.99. The van der Waals surface area contributed by atoms with Gasteiger partial charge < -0.3 is 19.9 Å². The van der Waals surface area contributed by atoms with Gasteiger partial charge in [0.2, 0.25) is 5.91 Å². The number of ether oxygens (including phenoxy) is 1. The summed E-state index contributed by atoms with van der Waals surface area (Å²) < 4.78 is 6.05. The summed E-state index contributed by atoms with van der Waals surface area (Å²) in [6.07, 6.45) is 2.41. The van der Waals surface area contributed by atoms with E-state index >= 15 is 0 Å². The molecule has 0 saturated carbocycles. The topological polar surface area (TPSA) is 87.7 Å². The minimum atomic E-state index is -0.0711. The van der Waals surface area contributed by atoms with Crippen molar-refractivity contribution < 1.29 is 14.3 Å². The van der Waals surface area contributed by atoms with Gasteiger partial charge in [0, 0.05) is 43.3 Å². The van der Waals surface area contributed by atoms with Crippen molar-refractivity contribution in [3.05, 3.63) is 65.0 Å². The summed E-state index contributed by atoms with van der Waals surface area (Å²) in [5.41, 5.74) is 1.48. The highest BCUT2D eigenvalue weighted by Gasteiger charge is 2.33. The zero-order valence-electron chi connectivity index (χ0n) is 17.4. The molecule has 0 bridgehead atoms. The molecule has 2 amide bonds. The first kappa shape index (κ1) is 20.4. The molecule has 0 aliphatic carbocycles. The molecule has 1 unspecified atom stereocenters. The van der Waals surface area contributed by atoms with Crippen molar-refractivity contribution in [2.24, 2.45) is 5.92 Å². The zero-order chi connectivity index (χ0) is 21.9. The fourth-order valence-corrected chi connectivity index (χ4v) is 4.55. The van der Waals surface area contributed by atoms with Crippen molar-refractivity contribution in [1.82, 2.24) is 15.1 Å². The van der Waals surface area contributed by atoms with Gasteiger partial charge in [-0.25, -0.2) is 0 Å². The molecule has 164 valence electrons. The van der Waals surface area contributed by atoms with Gasteiger partial charge in [0.05, 0.1) is 18.0 Å². The summed E-state index contributed by atoms with van der Waals surface area (Å²) in [6, 6.07) is 13.0.